The van der Waals surface area contributed by atoms with Gasteiger partial charge in [-0.05, 0) is 62.7 Å². The zero-order valence-corrected chi connectivity index (χ0v) is 19.2. The third-order valence-corrected chi connectivity index (χ3v) is 6.40. The van der Waals surface area contributed by atoms with Gasteiger partial charge in [0, 0.05) is 6.20 Å². The first-order valence-corrected chi connectivity index (χ1v) is 11.6. The predicted octanol–water partition coefficient (Wildman–Crippen LogP) is 3.09. The number of hydrogen-bond donors (Lipinski definition) is 2. The molecule has 1 amide bonds. The highest BCUT2D eigenvalue weighted by atomic mass is 32.2. The molecule has 0 radical (unpaired) electrons. The van der Waals surface area contributed by atoms with Crippen LogP contribution >= 0.6 is 0 Å². The van der Waals surface area contributed by atoms with Gasteiger partial charge in [-0.1, -0.05) is 17.7 Å². The number of carbonyl (C=O) groups excluding carboxylic acids is 1. The zero-order valence-electron chi connectivity index (χ0n) is 18.4. The molecule has 0 aliphatic heterocycles. The summed E-state index contributed by atoms with van der Waals surface area (Å²) in [4.78, 5) is 17.2. The Morgan fingerprint density at radius 1 is 1.09 bits per heavy atom. The Hall–Kier alpha value is -3.76. The topological polar surface area (TPSA) is 118 Å². The van der Waals surface area contributed by atoms with Gasteiger partial charge in [0.05, 0.1) is 23.3 Å². The highest BCUT2D eigenvalue weighted by Gasteiger charge is 2.16. The second-order valence-electron chi connectivity index (χ2n) is 7.62. The average Bonchev–Trinajstić information content (AvgIpc) is 3.35. The van der Waals surface area contributed by atoms with E-state index in [1.807, 2.05) is 26.0 Å². The molecule has 1 aromatic carbocycles. The van der Waals surface area contributed by atoms with E-state index in [1.54, 1.807) is 53.9 Å². The molecule has 170 valence electrons. The number of hydrazone groups is 1. The third kappa shape index (κ3) is 5.02. The van der Waals surface area contributed by atoms with Gasteiger partial charge in [-0.15, -0.1) is 0 Å². The molecule has 4 rings (SSSR count). The minimum atomic E-state index is -3.65. The molecule has 0 aliphatic rings. The van der Waals surface area contributed by atoms with Gasteiger partial charge in [0.2, 0.25) is 10.0 Å². The maximum absolute atomic E-state index is 12.6. The van der Waals surface area contributed by atoms with Crippen molar-refractivity contribution < 1.29 is 17.6 Å². The van der Waals surface area contributed by atoms with E-state index < -0.39 is 15.9 Å². The first kappa shape index (κ1) is 22.4. The van der Waals surface area contributed by atoms with E-state index in [2.05, 4.69) is 20.2 Å². The number of sulfonamides is 1. The quantitative estimate of drug-likeness (QED) is 0.321. The fraction of sp³-hybridized carbons (Fsp3) is 0.174. The number of aromatic nitrogens is 2. The van der Waals surface area contributed by atoms with Crippen molar-refractivity contribution in [2.45, 2.75) is 32.2 Å². The number of hydrogen-bond acceptors (Lipinski definition) is 6. The number of pyridine rings is 1. The lowest BCUT2D eigenvalue weighted by Crippen LogP contribution is -2.23. The predicted molar refractivity (Wildman–Crippen MR) is 124 cm³/mol. The minimum Gasteiger partial charge on any atom is -0.459 e. The summed E-state index contributed by atoms with van der Waals surface area (Å²) < 4.78 is 34.6. The maximum Gasteiger partial charge on any atom is 0.290 e. The zero-order chi connectivity index (χ0) is 23.6. The summed E-state index contributed by atoms with van der Waals surface area (Å²) in [6, 6.07) is 13.6. The Balaban J connectivity index is 1.38. The second-order valence-corrected chi connectivity index (χ2v) is 9.39. The summed E-state index contributed by atoms with van der Waals surface area (Å²) in [5.41, 5.74) is 6.17. The number of amides is 1. The number of benzene rings is 1. The molecular formula is C23H23N5O4S. The van der Waals surface area contributed by atoms with Crippen LogP contribution in [-0.4, -0.2) is 29.9 Å². The molecule has 33 heavy (non-hydrogen) atoms. The van der Waals surface area contributed by atoms with Crippen LogP contribution in [0.3, 0.4) is 0 Å². The SMILES string of the molecule is Cc1ccc(S(=O)(=O)NCc2ccc(/C=N/NC(=O)c3c(C)nc4cc(C)ccn34)o2)cc1. The van der Waals surface area contributed by atoms with Gasteiger partial charge in [-0.25, -0.2) is 23.5 Å². The van der Waals surface area contributed by atoms with E-state index in [-0.39, 0.29) is 11.4 Å². The van der Waals surface area contributed by atoms with Gasteiger partial charge in [0.15, 0.2) is 0 Å². The smallest absolute Gasteiger partial charge is 0.290 e. The lowest BCUT2D eigenvalue weighted by Gasteiger charge is -2.05. The highest BCUT2D eigenvalue weighted by Crippen LogP contribution is 2.14. The number of nitrogens with zero attached hydrogens (tertiary/aromatic N) is 3. The van der Waals surface area contributed by atoms with Crippen LogP contribution in [-0.2, 0) is 16.6 Å². The summed E-state index contributed by atoms with van der Waals surface area (Å²) in [7, 11) is -3.65. The molecule has 3 heterocycles. The van der Waals surface area contributed by atoms with Crippen LogP contribution in [0.2, 0.25) is 0 Å². The van der Waals surface area contributed by atoms with Crippen molar-refractivity contribution in [2.75, 3.05) is 0 Å². The molecular weight excluding hydrogens is 442 g/mol. The highest BCUT2D eigenvalue weighted by molar-refractivity contribution is 7.89. The van der Waals surface area contributed by atoms with Crippen molar-refractivity contribution in [2.24, 2.45) is 5.10 Å². The average molecular weight is 466 g/mol. The van der Waals surface area contributed by atoms with Gasteiger partial charge >= 0.3 is 0 Å². The summed E-state index contributed by atoms with van der Waals surface area (Å²) in [5.74, 6) is 0.370. The van der Waals surface area contributed by atoms with Crippen LogP contribution in [0.1, 0.15) is 38.8 Å². The Bertz CT molecular complexity index is 1450. The van der Waals surface area contributed by atoms with E-state index in [4.69, 9.17) is 4.42 Å². The van der Waals surface area contributed by atoms with Gasteiger partial charge in [0.25, 0.3) is 5.91 Å². The van der Waals surface area contributed by atoms with Gasteiger partial charge in [-0.3, -0.25) is 9.20 Å². The number of furan rings is 1. The van der Waals surface area contributed by atoms with Crippen LogP contribution in [0.5, 0.6) is 0 Å². The lowest BCUT2D eigenvalue weighted by atomic mass is 10.2. The van der Waals surface area contributed by atoms with E-state index in [0.29, 0.717) is 28.6 Å². The fourth-order valence-electron chi connectivity index (χ4n) is 3.27. The number of imidazole rings is 1. The molecule has 0 atom stereocenters. The van der Waals surface area contributed by atoms with Crippen molar-refractivity contribution in [1.82, 2.24) is 19.5 Å². The molecule has 0 unspecified atom stereocenters. The van der Waals surface area contributed by atoms with Crippen molar-refractivity contribution in [3.63, 3.8) is 0 Å². The summed E-state index contributed by atoms with van der Waals surface area (Å²) in [6.45, 7) is 5.59. The molecule has 0 saturated carbocycles. The largest absolute Gasteiger partial charge is 0.459 e. The third-order valence-electron chi connectivity index (χ3n) is 4.98. The summed E-state index contributed by atoms with van der Waals surface area (Å²) >= 11 is 0. The molecule has 0 saturated heterocycles. The first-order chi connectivity index (χ1) is 15.7. The number of nitrogens with one attached hydrogen (secondary N) is 2. The van der Waals surface area contributed by atoms with E-state index in [9.17, 15) is 13.2 Å². The Morgan fingerprint density at radius 3 is 2.61 bits per heavy atom. The first-order valence-electron chi connectivity index (χ1n) is 10.2. The number of carbonyl (C=O) groups is 1. The molecule has 0 spiro atoms. The lowest BCUT2D eigenvalue weighted by molar-refractivity contribution is 0.0948. The van der Waals surface area contributed by atoms with Crippen LogP contribution in [0, 0.1) is 20.8 Å². The molecule has 9 nitrogen and oxygen atoms in total. The van der Waals surface area contributed by atoms with E-state index in [1.165, 1.54) is 6.21 Å². The van der Waals surface area contributed by atoms with Crippen LogP contribution in [0.15, 0.2) is 69.1 Å². The number of aryl methyl sites for hydroxylation is 3. The van der Waals surface area contributed by atoms with Crippen LogP contribution in [0.25, 0.3) is 5.65 Å². The molecule has 4 aromatic rings. The minimum absolute atomic E-state index is 0.0170. The maximum atomic E-state index is 12.6. The standard InChI is InChI=1S/C23H23N5O4S/c1-15-4-8-20(9-5-15)33(30,31)25-14-19-7-6-18(32-19)13-24-27-23(29)22-17(3)26-21-12-16(2)10-11-28(21)22/h4-13,25H,14H2,1-3H3,(H,27,29)/b24-13+. The van der Waals surface area contributed by atoms with Crippen LogP contribution < -0.4 is 10.1 Å². The van der Waals surface area contributed by atoms with Gasteiger partial charge < -0.3 is 4.42 Å². The van der Waals surface area contributed by atoms with Gasteiger partial charge in [0.1, 0.15) is 22.9 Å². The molecule has 0 aliphatic carbocycles. The number of fused-ring (bicyclic) bond motifs is 1. The fourth-order valence-corrected chi connectivity index (χ4v) is 4.26. The van der Waals surface area contributed by atoms with E-state index in [0.717, 1.165) is 11.1 Å². The van der Waals surface area contributed by atoms with Crippen LogP contribution in [0.4, 0.5) is 0 Å². The van der Waals surface area contributed by atoms with Crippen molar-refractivity contribution in [3.05, 3.63) is 88.8 Å². The second kappa shape index (κ2) is 9.00. The van der Waals surface area contributed by atoms with Crippen molar-refractivity contribution in [1.29, 1.82) is 0 Å². The molecule has 0 bridgehead atoms. The van der Waals surface area contributed by atoms with Gasteiger partial charge in [-0.2, -0.15) is 5.10 Å². The van der Waals surface area contributed by atoms with E-state index >= 15 is 0 Å². The molecule has 3 aromatic heterocycles. The monoisotopic (exact) mass is 465 g/mol. The Morgan fingerprint density at radius 2 is 1.85 bits per heavy atom. The molecule has 0 fully saturated rings. The number of rotatable bonds is 7. The Kier molecular flexibility index (Phi) is 6.12. The molecule has 2 N–H and O–H groups in total. The van der Waals surface area contributed by atoms with Crippen molar-refractivity contribution in [3.8, 4) is 0 Å². The Labute approximate surface area is 191 Å². The summed E-state index contributed by atoms with van der Waals surface area (Å²) in [6.07, 6.45) is 3.14. The normalized spacial score (nSPS) is 12.0. The van der Waals surface area contributed by atoms with Crippen molar-refractivity contribution >= 4 is 27.8 Å². The molecule has 10 heteroatoms. The summed E-state index contributed by atoms with van der Waals surface area (Å²) in [5, 5.41) is 3.94.